The molecular formula is C25H32FN3O5. The molecule has 0 aromatic heterocycles. The van der Waals surface area contributed by atoms with Crippen LogP contribution in [-0.4, -0.2) is 78.1 Å². The summed E-state index contributed by atoms with van der Waals surface area (Å²) >= 11 is 0. The molecule has 184 valence electrons. The van der Waals surface area contributed by atoms with Crippen molar-refractivity contribution < 1.29 is 28.2 Å². The predicted molar refractivity (Wildman–Crippen MR) is 120 cm³/mol. The van der Waals surface area contributed by atoms with Gasteiger partial charge in [-0.1, -0.05) is 18.2 Å². The summed E-state index contributed by atoms with van der Waals surface area (Å²) in [6, 6.07) is 5.94. The Balaban J connectivity index is 1.45. The van der Waals surface area contributed by atoms with Crippen molar-refractivity contribution in [3.63, 3.8) is 0 Å². The number of likely N-dealkylation sites (tertiary alicyclic amines) is 1. The van der Waals surface area contributed by atoms with Crippen LogP contribution in [0.4, 0.5) is 4.39 Å². The summed E-state index contributed by atoms with van der Waals surface area (Å²) in [6.07, 6.45) is 2.81. The summed E-state index contributed by atoms with van der Waals surface area (Å²) in [5.41, 5.74) is -1.50. The predicted octanol–water partition coefficient (Wildman–Crippen LogP) is 1.57. The quantitative estimate of drug-likeness (QED) is 0.717. The molecule has 9 heteroatoms. The molecule has 0 unspecified atom stereocenters. The summed E-state index contributed by atoms with van der Waals surface area (Å²) in [4.78, 5) is 43.5. The minimum atomic E-state index is -1.60. The van der Waals surface area contributed by atoms with Crippen LogP contribution in [0.25, 0.3) is 0 Å². The van der Waals surface area contributed by atoms with Crippen molar-refractivity contribution in [1.82, 2.24) is 15.1 Å². The first kappa shape index (κ1) is 23.2. The van der Waals surface area contributed by atoms with Gasteiger partial charge >= 0.3 is 0 Å². The lowest BCUT2D eigenvalue weighted by Gasteiger charge is -2.46. The Labute approximate surface area is 198 Å². The smallest absolute Gasteiger partial charge is 0.253 e. The van der Waals surface area contributed by atoms with Crippen molar-refractivity contribution in [1.29, 1.82) is 0 Å². The number of fused-ring (bicyclic) bond motifs is 3. The molecule has 4 fully saturated rings. The lowest BCUT2D eigenvalue weighted by Crippen LogP contribution is -2.63. The Morgan fingerprint density at radius 1 is 1.12 bits per heavy atom. The highest BCUT2D eigenvalue weighted by Crippen LogP contribution is 2.38. The first-order valence-corrected chi connectivity index (χ1v) is 12.2. The molecule has 6 atom stereocenters. The molecule has 8 nitrogen and oxygen atoms in total. The van der Waals surface area contributed by atoms with Crippen LogP contribution in [0.5, 0.6) is 0 Å². The van der Waals surface area contributed by atoms with Crippen LogP contribution in [0, 0.1) is 11.7 Å². The van der Waals surface area contributed by atoms with E-state index in [-0.39, 0.29) is 42.2 Å². The van der Waals surface area contributed by atoms with Gasteiger partial charge in [-0.15, -0.1) is 0 Å². The van der Waals surface area contributed by atoms with Gasteiger partial charge < -0.3 is 24.6 Å². The second-order valence-corrected chi connectivity index (χ2v) is 10.1. The number of hydrogen-bond acceptors (Lipinski definition) is 5. The Morgan fingerprint density at radius 2 is 1.82 bits per heavy atom. The summed E-state index contributed by atoms with van der Waals surface area (Å²) in [6.45, 7) is 4.67. The van der Waals surface area contributed by atoms with Crippen LogP contribution in [0.3, 0.4) is 0 Å². The van der Waals surface area contributed by atoms with E-state index in [2.05, 4.69) is 5.32 Å². The molecule has 0 saturated carbocycles. The summed E-state index contributed by atoms with van der Waals surface area (Å²) in [7, 11) is 0. The Morgan fingerprint density at radius 3 is 2.50 bits per heavy atom. The van der Waals surface area contributed by atoms with E-state index in [1.807, 2.05) is 4.90 Å². The van der Waals surface area contributed by atoms with E-state index in [0.717, 1.165) is 12.8 Å². The third-order valence-corrected chi connectivity index (χ3v) is 7.88. The molecule has 2 bridgehead atoms. The number of nitrogens with zero attached hydrogens (tertiary/aromatic N) is 2. The van der Waals surface area contributed by atoms with Crippen LogP contribution in [0.1, 0.15) is 45.1 Å². The van der Waals surface area contributed by atoms with Crippen LogP contribution in [0.15, 0.2) is 24.3 Å². The van der Waals surface area contributed by atoms with E-state index >= 15 is 0 Å². The second-order valence-electron chi connectivity index (χ2n) is 10.1. The fourth-order valence-corrected chi connectivity index (χ4v) is 6.30. The number of morpholine rings is 1. The van der Waals surface area contributed by atoms with E-state index < -0.39 is 29.1 Å². The number of nitrogens with one attached hydrogen (secondary N) is 1. The summed E-state index contributed by atoms with van der Waals surface area (Å²) in [5.74, 6) is -1.80. The lowest BCUT2D eigenvalue weighted by molar-refractivity contribution is -0.156. The van der Waals surface area contributed by atoms with Crippen molar-refractivity contribution in [3.05, 3.63) is 35.6 Å². The molecule has 0 spiro atoms. The number of halogens is 1. The number of carbonyl (C=O) groups excluding carboxylic acids is 3. The Kier molecular flexibility index (Phi) is 6.10. The van der Waals surface area contributed by atoms with E-state index in [1.165, 1.54) is 26.0 Å². The molecule has 4 aliphatic rings. The number of carbonyl (C=O) groups is 3. The first-order chi connectivity index (χ1) is 16.3. The molecule has 0 radical (unpaired) electrons. The van der Waals surface area contributed by atoms with E-state index in [9.17, 15) is 18.8 Å². The molecule has 1 N–H and O–H groups in total. The summed E-state index contributed by atoms with van der Waals surface area (Å²) in [5, 5.41) is 2.70. The van der Waals surface area contributed by atoms with Gasteiger partial charge in [0.05, 0.1) is 43.4 Å². The fourth-order valence-electron chi connectivity index (χ4n) is 6.30. The third kappa shape index (κ3) is 3.88. The standard InChI is InChI=1S/C25H32FN3O5/c1-15(30)27-25(2,19-5-3-4-6-20(19)26)24(32)28-12-16(11-22-21(28)9-10-34-22)23(31)29-17-7-8-18(29)14-33-13-17/h3-6,16-18,21-22H,7-14H2,1-2H3,(H,27,30)/t16-,17+,18+,21+,22+,25+/m1/s1. The fraction of sp³-hybridized carbons (Fsp3) is 0.640. The number of ether oxygens (including phenoxy) is 2. The maximum absolute atomic E-state index is 14.9. The van der Waals surface area contributed by atoms with Crippen molar-refractivity contribution in [3.8, 4) is 0 Å². The van der Waals surface area contributed by atoms with E-state index in [4.69, 9.17) is 9.47 Å². The van der Waals surface area contributed by atoms with Crippen molar-refractivity contribution >= 4 is 17.7 Å². The van der Waals surface area contributed by atoms with Gasteiger partial charge in [-0.2, -0.15) is 0 Å². The number of piperidine rings is 1. The highest BCUT2D eigenvalue weighted by atomic mass is 19.1. The highest BCUT2D eigenvalue weighted by molar-refractivity contribution is 5.92. The average molecular weight is 474 g/mol. The Hall–Kier alpha value is -2.52. The van der Waals surface area contributed by atoms with Crippen LogP contribution in [-0.2, 0) is 29.4 Å². The van der Waals surface area contributed by atoms with Crippen LogP contribution < -0.4 is 5.32 Å². The van der Waals surface area contributed by atoms with E-state index in [0.29, 0.717) is 32.7 Å². The second kappa shape index (κ2) is 8.92. The minimum Gasteiger partial charge on any atom is -0.377 e. The maximum Gasteiger partial charge on any atom is 0.253 e. The molecule has 4 aliphatic heterocycles. The van der Waals surface area contributed by atoms with Gasteiger partial charge in [0.1, 0.15) is 11.4 Å². The number of rotatable bonds is 4. The number of benzene rings is 1. The van der Waals surface area contributed by atoms with Crippen LogP contribution in [0.2, 0.25) is 0 Å². The minimum absolute atomic E-state index is 0.0367. The van der Waals surface area contributed by atoms with Gasteiger partial charge in [-0.05, 0) is 38.7 Å². The van der Waals surface area contributed by atoms with Gasteiger partial charge in [0.25, 0.3) is 5.91 Å². The molecular weight excluding hydrogens is 441 g/mol. The molecule has 1 aromatic carbocycles. The highest BCUT2D eigenvalue weighted by Gasteiger charge is 2.52. The average Bonchev–Trinajstić information content (AvgIpc) is 3.38. The molecule has 1 aromatic rings. The largest absolute Gasteiger partial charge is 0.377 e. The zero-order valence-corrected chi connectivity index (χ0v) is 19.7. The SMILES string of the molecule is CC(=O)N[C@](C)(C(=O)N1C[C@H](C(=O)N2[C@H]3CC[C@H]2COC3)C[C@@H]2OCC[C@@H]21)c1ccccc1F. The number of amides is 3. The monoisotopic (exact) mass is 473 g/mol. The normalized spacial score (nSPS) is 32.1. The van der Waals surface area contributed by atoms with Crippen molar-refractivity contribution in [2.75, 3.05) is 26.4 Å². The first-order valence-electron chi connectivity index (χ1n) is 12.2. The zero-order chi connectivity index (χ0) is 24.0. The van der Waals surface area contributed by atoms with Crippen molar-refractivity contribution in [2.45, 2.75) is 69.3 Å². The number of hydrogen-bond donors (Lipinski definition) is 1. The molecule has 34 heavy (non-hydrogen) atoms. The van der Waals surface area contributed by atoms with Crippen molar-refractivity contribution in [2.24, 2.45) is 5.92 Å². The third-order valence-electron chi connectivity index (χ3n) is 7.88. The van der Waals surface area contributed by atoms with Gasteiger partial charge in [-0.25, -0.2) is 4.39 Å². The van der Waals surface area contributed by atoms with Crippen LogP contribution >= 0.6 is 0 Å². The van der Waals surface area contributed by atoms with E-state index in [1.54, 1.807) is 17.0 Å². The molecule has 0 aliphatic carbocycles. The lowest BCUT2D eigenvalue weighted by atomic mass is 9.84. The summed E-state index contributed by atoms with van der Waals surface area (Å²) < 4.78 is 26.4. The molecule has 5 rings (SSSR count). The Bertz CT molecular complexity index is 973. The molecule has 3 amide bonds. The van der Waals surface area contributed by atoms with Gasteiger partial charge in [0, 0.05) is 25.6 Å². The molecule has 4 heterocycles. The van der Waals surface area contributed by atoms with Gasteiger partial charge in [-0.3, -0.25) is 14.4 Å². The van der Waals surface area contributed by atoms with Gasteiger partial charge in [0.15, 0.2) is 0 Å². The topological polar surface area (TPSA) is 88.2 Å². The maximum atomic E-state index is 14.9. The van der Waals surface area contributed by atoms with Gasteiger partial charge in [0.2, 0.25) is 11.8 Å². The zero-order valence-electron chi connectivity index (χ0n) is 19.7. The molecule has 4 saturated heterocycles.